The van der Waals surface area contributed by atoms with Crippen molar-refractivity contribution in [3.63, 3.8) is 0 Å². The van der Waals surface area contributed by atoms with E-state index in [-0.39, 0.29) is 12.0 Å². The zero-order valence-corrected chi connectivity index (χ0v) is 14.4. The molecule has 0 heterocycles. The Morgan fingerprint density at radius 1 is 1.17 bits per heavy atom. The highest BCUT2D eigenvalue weighted by Gasteiger charge is 2.08. The van der Waals surface area contributed by atoms with Crippen LogP contribution in [-0.4, -0.2) is 30.8 Å². The van der Waals surface area contributed by atoms with Crippen LogP contribution in [0.1, 0.15) is 17.3 Å². The van der Waals surface area contributed by atoms with Gasteiger partial charge < -0.3 is 20.1 Å². The molecular formula is C18H20N2O3S. The van der Waals surface area contributed by atoms with E-state index < -0.39 is 0 Å². The molecule has 126 valence electrons. The summed E-state index contributed by atoms with van der Waals surface area (Å²) in [4.78, 5) is 11.5. The van der Waals surface area contributed by atoms with E-state index in [4.69, 9.17) is 21.7 Å². The minimum Gasteiger partial charge on any atom is -0.491 e. The number of ether oxygens (including phenoxy) is 2. The lowest BCUT2D eigenvalue weighted by atomic mass is 10.2. The van der Waals surface area contributed by atoms with Gasteiger partial charge in [0.05, 0.1) is 18.7 Å². The molecule has 0 aromatic heterocycles. The fourth-order valence-electron chi connectivity index (χ4n) is 2.01. The smallest absolute Gasteiger partial charge is 0.337 e. The number of methoxy groups -OCH3 is 1. The first-order valence-corrected chi connectivity index (χ1v) is 7.93. The molecule has 0 spiro atoms. The van der Waals surface area contributed by atoms with Crippen LogP contribution >= 0.6 is 12.2 Å². The molecule has 6 heteroatoms. The van der Waals surface area contributed by atoms with Gasteiger partial charge in [0.15, 0.2) is 5.11 Å². The van der Waals surface area contributed by atoms with Crippen molar-refractivity contribution < 1.29 is 14.3 Å². The first-order valence-electron chi connectivity index (χ1n) is 7.52. The van der Waals surface area contributed by atoms with Crippen molar-refractivity contribution >= 4 is 29.0 Å². The predicted octanol–water partition coefficient (Wildman–Crippen LogP) is 3.23. The molecule has 0 aliphatic rings. The van der Waals surface area contributed by atoms with E-state index in [2.05, 4.69) is 10.6 Å². The number of thiocarbonyl (C=S) groups is 1. The van der Waals surface area contributed by atoms with Gasteiger partial charge in [-0.25, -0.2) is 4.79 Å². The summed E-state index contributed by atoms with van der Waals surface area (Å²) < 4.78 is 10.4. The Balaban J connectivity index is 1.83. The van der Waals surface area contributed by atoms with Crippen molar-refractivity contribution in [3.8, 4) is 5.75 Å². The molecule has 0 aliphatic carbocycles. The lowest BCUT2D eigenvalue weighted by Gasteiger charge is -2.18. The number of para-hydroxylation sites is 1. The summed E-state index contributed by atoms with van der Waals surface area (Å²) in [7, 11) is 1.35. The minimum atomic E-state index is -0.387. The van der Waals surface area contributed by atoms with Crippen molar-refractivity contribution in [2.45, 2.75) is 13.0 Å². The minimum absolute atomic E-state index is 0.0222. The van der Waals surface area contributed by atoms with Crippen LogP contribution in [-0.2, 0) is 4.74 Å². The van der Waals surface area contributed by atoms with Crippen molar-refractivity contribution in [2.24, 2.45) is 0 Å². The van der Waals surface area contributed by atoms with Crippen molar-refractivity contribution in [1.29, 1.82) is 0 Å². The molecule has 0 bridgehead atoms. The Morgan fingerprint density at radius 3 is 2.62 bits per heavy atom. The number of rotatable bonds is 6. The third-order valence-corrected chi connectivity index (χ3v) is 3.38. The maximum absolute atomic E-state index is 11.5. The Hall–Kier alpha value is -2.60. The van der Waals surface area contributed by atoms with Gasteiger partial charge in [0.25, 0.3) is 0 Å². The number of hydrogen-bond acceptors (Lipinski definition) is 4. The number of nitrogens with one attached hydrogen (secondary N) is 2. The molecule has 2 aromatic rings. The predicted molar refractivity (Wildman–Crippen MR) is 98.5 cm³/mol. The Kier molecular flexibility index (Phi) is 6.57. The normalized spacial score (nSPS) is 11.2. The number of anilines is 1. The van der Waals surface area contributed by atoms with Crippen LogP contribution in [0.15, 0.2) is 54.6 Å². The highest BCUT2D eigenvalue weighted by molar-refractivity contribution is 7.80. The molecule has 0 saturated heterocycles. The molecule has 0 amide bonds. The van der Waals surface area contributed by atoms with Crippen LogP contribution < -0.4 is 15.4 Å². The van der Waals surface area contributed by atoms with Crippen LogP contribution in [0, 0.1) is 0 Å². The zero-order valence-electron chi connectivity index (χ0n) is 13.6. The van der Waals surface area contributed by atoms with E-state index in [9.17, 15) is 4.79 Å². The molecule has 24 heavy (non-hydrogen) atoms. The molecule has 0 aliphatic heterocycles. The largest absolute Gasteiger partial charge is 0.491 e. The average molecular weight is 344 g/mol. The first-order chi connectivity index (χ1) is 11.6. The number of hydrogen-bond donors (Lipinski definition) is 2. The number of carbonyl (C=O) groups is 1. The topological polar surface area (TPSA) is 59.6 Å². The van der Waals surface area contributed by atoms with Gasteiger partial charge in [0.1, 0.15) is 12.4 Å². The fourth-order valence-corrected chi connectivity index (χ4v) is 2.33. The molecule has 0 radical (unpaired) electrons. The first kappa shape index (κ1) is 17.7. The van der Waals surface area contributed by atoms with Crippen LogP contribution in [0.4, 0.5) is 5.69 Å². The Labute approximate surface area is 147 Å². The molecule has 2 N–H and O–H groups in total. The third-order valence-electron chi connectivity index (χ3n) is 3.16. The molecule has 2 rings (SSSR count). The van der Waals surface area contributed by atoms with E-state index in [0.717, 1.165) is 5.75 Å². The summed E-state index contributed by atoms with van der Waals surface area (Å²) in [6.45, 7) is 2.45. The van der Waals surface area contributed by atoms with Crippen LogP contribution in [0.5, 0.6) is 5.75 Å². The fraction of sp³-hybridized carbons (Fsp3) is 0.222. The maximum Gasteiger partial charge on any atom is 0.337 e. The molecular weight excluding hydrogens is 324 g/mol. The number of carbonyl (C=O) groups excluding carboxylic acids is 1. The van der Waals surface area contributed by atoms with Gasteiger partial charge in [-0.05, 0) is 49.5 Å². The van der Waals surface area contributed by atoms with E-state index in [1.165, 1.54) is 7.11 Å². The molecule has 0 fully saturated rings. The molecule has 5 nitrogen and oxygen atoms in total. The van der Waals surface area contributed by atoms with Crippen LogP contribution in [0.25, 0.3) is 0 Å². The van der Waals surface area contributed by atoms with E-state index in [0.29, 0.717) is 23.0 Å². The lowest BCUT2D eigenvalue weighted by Crippen LogP contribution is -2.39. The van der Waals surface area contributed by atoms with Crippen molar-refractivity contribution in [2.75, 3.05) is 19.0 Å². The molecule has 0 saturated carbocycles. The van der Waals surface area contributed by atoms with E-state index in [1.54, 1.807) is 18.2 Å². The maximum atomic E-state index is 11.5. The van der Waals surface area contributed by atoms with Crippen LogP contribution in [0.3, 0.4) is 0 Å². The standard InChI is InChI=1S/C18H20N2O3S/c1-13(12-23-16-9-4-3-5-10-16)19-18(24)20-15-8-6-7-14(11-15)17(21)22-2/h3-11,13H,12H2,1-2H3,(H2,19,20,24)/t13-/m1/s1. The van der Waals surface area contributed by atoms with E-state index in [1.807, 2.05) is 43.3 Å². The second-order valence-electron chi connectivity index (χ2n) is 5.20. The van der Waals surface area contributed by atoms with Gasteiger partial charge in [-0.2, -0.15) is 0 Å². The third kappa shape index (κ3) is 5.55. The Morgan fingerprint density at radius 2 is 1.92 bits per heavy atom. The van der Waals surface area contributed by atoms with Gasteiger partial charge in [0, 0.05) is 5.69 Å². The monoisotopic (exact) mass is 344 g/mol. The van der Waals surface area contributed by atoms with Gasteiger partial charge in [-0.1, -0.05) is 24.3 Å². The van der Waals surface area contributed by atoms with Crippen molar-refractivity contribution in [3.05, 3.63) is 60.2 Å². The number of esters is 1. The van der Waals surface area contributed by atoms with Gasteiger partial charge in [-0.15, -0.1) is 0 Å². The van der Waals surface area contributed by atoms with Crippen LogP contribution in [0.2, 0.25) is 0 Å². The van der Waals surface area contributed by atoms with Crippen molar-refractivity contribution in [1.82, 2.24) is 5.32 Å². The second kappa shape index (κ2) is 8.88. The summed E-state index contributed by atoms with van der Waals surface area (Å²) in [5.74, 6) is 0.429. The summed E-state index contributed by atoms with van der Waals surface area (Å²) in [5.41, 5.74) is 1.18. The highest BCUT2D eigenvalue weighted by atomic mass is 32.1. The summed E-state index contributed by atoms with van der Waals surface area (Å²) >= 11 is 5.29. The second-order valence-corrected chi connectivity index (χ2v) is 5.60. The molecule has 2 aromatic carbocycles. The zero-order chi connectivity index (χ0) is 17.4. The number of benzene rings is 2. The van der Waals surface area contributed by atoms with Gasteiger partial charge in [0.2, 0.25) is 0 Å². The lowest BCUT2D eigenvalue weighted by molar-refractivity contribution is 0.0601. The van der Waals surface area contributed by atoms with Gasteiger partial charge in [-0.3, -0.25) is 0 Å². The summed E-state index contributed by atoms with van der Waals surface area (Å²) in [5, 5.41) is 6.65. The van der Waals surface area contributed by atoms with E-state index >= 15 is 0 Å². The SMILES string of the molecule is COC(=O)c1cccc(NC(=S)N[C@H](C)COc2ccccc2)c1. The summed E-state index contributed by atoms with van der Waals surface area (Å²) in [6.07, 6.45) is 0. The molecule has 1 atom stereocenters. The highest BCUT2D eigenvalue weighted by Crippen LogP contribution is 2.12. The quantitative estimate of drug-likeness (QED) is 0.620. The molecule has 0 unspecified atom stereocenters. The Bertz CT molecular complexity index is 692. The summed E-state index contributed by atoms with van der Waals surface area (Å²) in [6, 6.07) is 16.6. The van der Waals surface area contributed by atoms with Gasteiger partial charge >= 0.3 is 5.97 Å². The average Bonchev–Trinajstić information content (AvgIpc) is 2.60.